The Morgan fingerprint density at radius 1 is 1.25 bits per heavy atom. The second kappa shape index (κ2) is 9.92. The maximum atomic E-state index is 12.5. The van der Waals surface area contributed by atoms with Gasteiger partial charge in [0.1, 0.15) is 5.75 Å². The van der Waals surface area contributed by atoms with E-state index in [1.54, 1.807) is 12.0 Å². The summed E-state index contributed by atoms with van der Waals surface area (Å²) in [6.45, 7) is 7.43. The van der Waals surface area contributed by atoms with E-state index >= 15 is 0 Å². The zero-order valence-electron chi connectivity index (χ0n) is 17.2. The van der Waals surface area contributed by atoms with E-state index in [1.165, 1.54) is 25.9 Å². The second-order valence-electron chi connectivity index (χ2n) is 8.22. The molecule has 0 unspecified atom stereocenters. The third kappa shape index (κ3) is 5.71. The highest BCUT2D eigenvalue weighted by molar-refractivity contribution is 5.89. The summed E-state index contributed by atoms with van der Waals surface area (Å²) in [5.74, 6) is 1.41. The van der Waals surface area contributed by atoms with Crippen molar-refractivity contribution in [3.63, 3.8) is 0 Å². The van der Waals surface area contributed by atoms with Crippen LogP contribution in [0.25, 0.3) is 0 Å². The van der Waals surface area contributed by atoms with Crippen LogP contribution >= 0.6 is 0 Å². The summed E-state index contributed by atoms with van der Waals surface area (Å²) in [4.78, 5) is 29.0. The van der Waals surface area contributed by atoms with Crippen LogP contribution < -0.4 is 10.1 Å². The van der Waals surface area contributed by atoms with Crippen LogP contribution in [0.15, 0.2) is 24.3 Å². The number of amides is 2. The quantitative estimate of drug-likeness (QED) is 0.695. The molecule has 1 N–H and O–H groups in total. The van der Waals surface area contributed by atoms with E-state index in [4.69, 9.17) is 4.74 Å². The van der Waals surface area contributed by atoms with Crippen molar-refractivity contribution in [1.82, 2.24) is 15.1 Å². The number of benzene rings is 1. The highest BCUT2D eigenvalue weighted by Crippen LogP contribution is 2.21. The molecule has 2 fully saturated rings. The predicted octanol–water partition coefficient (Wildman–Crippen LogP) is 2.28. The Bertz CT molecular complexity index is 661. The molecule has 6 nitrogen and oxygen atoms in total. The van der Waals surface area contributed by atoms with Crippen LogP contribution in [0.2, 0.25) is 0 Å². The van der Waals surface area contributed by atoms with Crippen LogP contribution in [0.1, 0.15) is 38.2 Å². The van der Waals surface area contributed by atoms with Crippen LogP contribution in [0.4, 0.5) is 0 Å². The molecule has 2 aliphatic heterocycles. The van der Waals surface area contributed by atoms with Gasteiger partial charge in [-0.05, 0) is 56.0 Å². The van der Waals surface area contributed by atoms with Crippen molar-refractivity contribution in [2.75, 3.05) is 39.8 Å². The summed E-state index contributed by atoms with van der Waals surface area (Å²) in [7, 11) is 1.63. The average Bonchev–Trinajstić information content (AvgIpc) is 3.06. The Balaban J connectivity index is 1.38. The molecule has 2 aliphatic rings. The van der Waals surface area contributed by atoms with Gasteiger partial charge >= 0.3 is 0 Å². The number of rotatable bonds is 8. The standard InChI is InChI=1S/C22H33N3O3/c1-17-5-3-11-24(14-17)12-4-10-23-22(27)19-13-21(26)25(16-19)15-18-6-8-20(28-2)9-7-18/h6-9,17,19H,3-5,10-16H2,1-2H3,(H,23,27)/t17-,19-/m0/s1. The van der Waals surface area contributed by atoms with E-state index in [1.807, 2.05) is 24.3 Å². The zero-order chi connectivity index (χ0) is 19.9. The number of likely N-dealkylation sites (tertiary alicyclic amines) is 2. The minimum Gasteiger partial charge on any atom is -0.497 e. The zero-order valence-corrected chi connectivity index (χ0v) is 17.2. The van der Waals surface area contributed by atoms with Crippen LogP contribution in [-0.2, 0) is 16.1 Å². The highest BCUT2D eigenvalue weighted by atomic mass is 16.5. The summed E-state index contributed by atoms with van der Waals surface area (Å²) in [6.07, 6.45) is 3.89. The summed E-state index contributed by atoms with van der Waals surface area (Å²) >= 11 is 0. The average molecular weight is 388 g/mol. The molecule has 1 aromatic rings. The van der Waals surface area contributed by atoms with E-state index < -0.39 is 0 Å². The number of methoxy groups -OCH3 is 1. The van der Waals surface area contributed by atoms with Gasteiger partial charge in [0.05, 0.1) is 13.0 Å². The Morgan fingerprint density at radius 2 is 2.04 bits per heavy atom. The molecule has 0 saturated carbocycles. The molecule has 3 rings (SSSR count). The van der Waals surface area contributed by atoms with Crippen molar-refractivity contribution in [2.45, 2.75) is 39.2 Å². The molecule has 0 aromatic heterocycles. The number of hydrogen-bond donors (Lipinski definition) is 1. The fourth-order valence-electron chi connectivity index (χ4n) is 4.20. The van der Waals surface area contributed by atoms with Crippen LogP contribution in [0.3, 0.4) is 0 Å². The fraction of sp³-hybridized carbons (Fsp3) is 0.636. The largest absolute Gasteiger partial charge is 0.497 e. The lowest BCUT2D eigenvalue weighted by Gasteiger charge is -2.30. The predicted molar refractivity (Wildman–Crippen MR) is 109 cm³/mol. The Labute approximate surface area is 168 Å². The molecule has 2 atom stereocenters. The number of piperidine rings is 1. The van der Waals surface area contributed by atoms with E-state index in [-0.39, 0.29) is 17.7 Å². The van der Waals surface area contributed by atoms with Gasteiger partial charge < -0.3 is 19.9 Å². The van der Waals surface area contributed by atoms with Crippen molar-refractivity contribution in [3.05, 3.63) is 29.8 Å². The first kappa shape index (κ1) is 20.6. The number of nitrogens with zero attached hydrogens (tertiary/aromatic N) is 2. The summed E-state index contributed by atoms with van der Waals surface area (Å²) in [5, 5.41) is 3.03. The van der Waals surface area contributed by atoms with Gasteiger partial charge in [-0.3, -0.25) is 9.59 Å². The number of carbonyl (C=O) groups excluding carboxylic acids is 2. The Kier molecular flexibility index (Phi) is 7.31. The van der Waals surface area contributed by atoms with Crippen LogP contribution in [-0.4, -0.2) is 61.4 Å². The van der Waals surface area contributed by atoms with Gasteiger partial charge in [-0.2, -0.15) is 0 Å². The third-order valence-corrected chi connectivity index (χ3v) is 5.81. The summed E-state index contributed by atoms with van der Waals surface area (Å²) < 4.78 is 5.16. The van der Waals surface area contributed by atoms with Gasteiger partial charge in [0.15, 0.2) is 0 Å². The van der Waals surface area contributed by atoms with Gasteiger partial charge in [0.2, 0.25) is 11.8 Å². The third-order valence-electron chi connectivity index (χ3n) is 5.81. The molecule has 0 aliphatic carbocycles. The van der Waals surface area contributed by atoms with Gasteiger partial charge in [-0.1, -0.05) is 19.1 Å². The van der Waals surface area contributed by atoms with Gasteiger partial charge in [0, 0.05) is 32.6 Å². The molecule has 6 heteroatoms. The lowest BCUT2D eigenvalue weighted by molar-refractivity contribution is -0.129. The number of hydrogen-bond acceptors (Lipinski definition) is 4. The van der Waals surface area contributed by atoms with Crippen molar-refractivity contribution >= 4 is 11.8 Å². The second-order valence-corrected chi connectivity index (χ2v) is 8.22. The minimum atomic E-state index is -0.235. The van der Waals surface area contributed by atoms with Crippen molar-refractivity contribution in [3.8, 4) is 5.75 Å². The Morgan fingerprint density at radius 3 is 2.75 bits per heavy atom. The van der Waals surface area contributed by atoms with Crippen LogP contribution in [0, 0.1) is 11.8 Å². The smallest absolute Gasteiger partial charge is 0.225 e. The molecule has 2 amide bonds. The molecule has 2 heterocycles. The molecular formula is C22H33N3O3. The maximum Gasteiger partial charge on any atom is 0.225 e. The van der Waals surface area contributed by atoms with Gasteiger partial charge in [0.25, 0.3) is 0 Å². The van der Waals surface area contributed by atoms with Crippen molar-refractivity contribution < 1.29 is 14.3 Å². The first-order chi connectivity index (χ1) is 13.5. The normalized spacial score (nSPS) is 23.1. The van der Waals surface area contributed by atoms with E-state index in [2.05, 4.69) is 17.1 Å². The summed E-state index contributed by atoms with van der Waals surface area (Å²) in [5.41, 5.74) is 1.05. The lowest BCUT2D eigenvalue weighted by atomic mass is 10.0. The Hall–Kier alpha value is -2.08. The molecule has 154 valence electrons. The minimum absolute atomic E-state index is 0.0117. The van der Waals surface area contributed by atoms with Gasteiger partial charge in [-0.15, -0.1) is 0 Å². The van der Waals surface area contributed by atoms with Crippen molar-refractivity contribution in [1.29, 1.82) is 0 Å². The highest BCUT2D eigenvalue weighted by Gasteiger charge is 2.34. The van der Waals surface area contributed by atoms with E-state index in [0.717, 1.165) is 30.2 Å². The first-order valence-corrected chi connectivity index (χ1v) is 10.5. The SMILES string of the molecule is COc1ccc(CN2C[C@@H](C(=O)NCCCN3CCC[C@H](C)C3)CC2=O)cc1. The molecule has 0 spiro atoms. The molecule has 28 heavy (non-hydrogen) atoms. The molecule has 0 bridgehead atoms. The fourth-order valence-corrected chi connectivity index (χ4v) is 4.20. The summed E-state index contributed by atoms with van der Waals surface area (Å²) in [6, 6.07) is 7.70. The topological polar surface area (TPSA) is 61.9 Å². The monoisotopic (exact) mass is 387 g/mol. The first-order valence-electron chi connectivity index (χ1n) is 10.5. The van der Waals surface area contributed by atoms with Gasteiger partial charge in [-0.25, -0.2) is 0 Å². The van der Waals surface area contributed by atoms with Crippen molar-refractivity contribution in [2.24, 2.45) is 11.8 Å². The number of nitrogens with one attached hydrogen (secondary N) is 1. The van der Waals surface area contributed by atoms with Crippen LogP contribution in [0.5, 0.6) is 5.75 Å². The molecule has 0 radical (unpaired) electrons. The number of carbonyl (C=O) groups is 2. The maximum absolute atomic E-state index is 12.5. The molecular weight excluding hydrogens is 354 g/mol. The number of ether oxygens (including phenoxy) is 1. The lowest BCUT2D eigenvalue weighted by Crippen LogP contribution is -2.38. The molecule has 1 aromatic carbocycles. The van der Waals surface area contributed by atoms with E-state index in [9.17, 15) is 9.59 Å². The molecule has 2 saturated heterocycles. The van der Waals surface area contributed by atoms with E-state index in [0.29, 0.717) is 26.1 Å².